The molecule has 1 aliphatic heterocycles. The Morgan fingerprint density at radius 1 is 1.29 bits per heavy atom. The van der Waals surface area contributed by atoms with Crippen molar-refractivity contribution in [3.05, 3.63) is 35.4 Å². The van der Waals surface area contributed by atoms with Gasteiger partial charge in [-0.2, -0.15) is 0 Å². The van der Waals surface area contributed by atoms with E-state index in [4.69, 9.17) is 4.74 Å². The maximum atomic E-state index is 6.13. The van der Waals surface area contributed by atoms with E-state index in [-0.39, 0.29) is 6.10 Å². The molecule has 1 saturated carbocycles. The Labute approximate surface area is 129 Å². The minimum Gasteiger partial charge on any atom is -0.373 e. The van der Waals surface area contributed by atoms with Crippen molar-refractivity contribution in [2.45, 2.75) is 58.1 Å². The van der Waals surface area contributed by atoms with Crippen LogP contribution in [0.2, 0.25) is 0 Å². The second kappa shape index (κ2) is 6.93. The molecule has 3 rings (SSSR count). The van der Waals surface area contributed by atoms with E-state index in [0.29, 0.717) is 6.04 Å². The third-order valence-corrected chi connectivity index (χ3v) is 5.22. The van der Waals surface area contributed by atoms with Crippen LogP contribution in [-0.2, 0) is 11.2 Å². The first kappa shape index (κ1) is 15.1. The first-order valence-corrected chi connectivity index (χ1v) is 8.72. The number of nitrogens with one attached hydrogen (secondary N) is 1. The Morgan fingerprint density at radius 2 is 2.10 bits per heavy atom. The highest BCUT2D eigenvalue weighted by molar-refractivity contribution is 5.31. The molecular weight excluding hydrogens is 258 g/mol. The smallest absolute Gasteiger partial charge is 0.0842 e. The van der Waals surface area contributed by atoms with Gasteiger partial charge in [0, 0.05) is 6.04 Å². The van der Waals surface area contributed by atoms with Crippen molar-refractivity contribution >= 4 is 0 Å². The molecule has 0 saturated heterocycles. The minimum atomic E-state index is 0.283. The molecule has 3 atom stereocenters. The summed E-state index contributed by atoms with van der Waals surface area (Å²) in [6.45, 7) is 6.67. The summed E-state index contributed by atoms with van der Waals surface area (Å²) in [4.78, 5) is 0. The van der Waals surface area contributed by atoms with Gasteiger partial charge >= 0.3 is 0 Å². The number of benzene rings is 1. The van der Waals surface area contributed by atoms with E-state index < -0.39 is 0 Å². The zero-order chi connectivity index (χ0) is 14.7. The number of rotatable bonds is 7. The van der Waals surface area contributed by atoms with E-state index in [0.717, 1.165) is 37.8 Å². The second-order valence-electron chi connectivity index (χ2n) is 6.80. The molecule has 0 spiro atoms. The number of ether oxygens (including phenoxy) is 1. The fourth-order valence-electron chi connectivity index (χ4n) is 3.67. The van der Waals surface area contributed by atoms with E-state index in [9.17, 15) is 0 Å². The monoisotopic (exact) mass is 287 g/mol. The molecular formula is C19H29NO. The van der Waals surface area contributed by atoms with Crippen LogP contribution in [0.15, 0.2) is 24.3 Å². The predicted octanol–water partition coefficient (Wildman–Crippen LogP) is 4.10. The van der Waals surface area contributed by atoms with E-state index >= 15 is 0 Å². The highest BCUT2D eigenvalue weighted by Gasteiger charge is 2.35. The van der Waals surface area contributed by atoms with Gasteiger partial charge in [-0.05, 0) is 61.6 Å². The lowest BCUT2D eigenvalue weighted by Crippen LogP contribution is -2.38. The molecule has 1 aliphatic carbocycles. The first-order valence-electron chi connectivity index (χ1n) is 8.72. The molecule has 1 aromatic carbocycles. The van der Waals surface area contributed by atoms with E-state index in [1.54, 1.807) is 0 Å². The number of hydrogen-bond acceptors (Lipinski definition) is 2. The third kappa shape index (κ3) is 3.67. The van der Waals surface area contributed by atoms with Crippen LogP contribution in [0, 0.1) is 11.8 Å². The molecule has 2 heteroatoms. The molecule has 116 valence electrons. The second-order valence-corrected chi connectivity index (χ2v) is 6.80. The Bertz CT molecular complexity index is 455. The van der Waals surface area contributed by atoms with Crippen LogP contribution in [0.3, 0.4) is 0 Å². The minimum absolute atomic E-state index is 0.283. The van der Waals surface area contributed by atoms with Gasteiger partial charge in [0.2, 0.25) is 0 Å². The molecule has 0 aromatic heterocycles. The zero-order valence-electron chi connectivity index (χ0n) is 13.5. The predicted molar refractivity (Wildman–Crippen MR) is 87.4 cm³/mol. The molecule has 2 aliphatic rings. The molecule has 2 nitrogen and oxygen atoms in total. The summed E-state index contributed by atoms with van der Waals surface area (Å²) in [6.07, 6.45) is 6.52. The number of fused-ring (bicyclic) bond motifs is 1. The van der Waals surface area contributed by atoms with Gasteiger partial charge in [0.1, 0.15) is 0 Å². The summed E-state index contributed by atoms with van der Waals surface area (Å²) in [5, 5.41) is 3.79. The Hall–Kier alpha value is -0.860. The standard InChI is InChI=1S/C19H29NO/c1-3-11-20-18(14(2)15-8-9-15)13-19-17-7-5-4-6-16(17)10-12-21-19/h4-7,14-15,18-20H,3,8-13H2,1-2H3. The van der Waals surface area contributed by atoms with Crippen molar-refractivity contribution in [3.63, 3.8) is 0 Å². The maximum absolute atomic E-state index is 6.13. The Balaban J connectivity index is 1.70. The van der Waals surface area contributed by atoms with Crippen LogP contribution in [0.1, 0.15) is 56.8 Å². The summed E-state index contributed by atoms with van der Waals surface area (Å²) in [5.74, 6) is 1.72. The molecule has 1 fully saturated rings. The third-order valence-electron chi connectivity index (χ3n) is 5.22. The average Bonchev–Trinajstić information content (AvgIpc) is 3.35. The van der Waals surface area contributed by atoms with Gasteiger partial charge in [-0.3, -0.25) is 0 Å². The maximum Gasteiger partial charge on any atom is 0.0842 e. The zero-order valence-corrected chi connectivity index (χ0v) is 13.5. The van der Waals surface area contributed by atoms with E-state index in [1.807, 2.05) is 0 Å². The van der Waals surface area contributed by atoms with Gasteiger partial charge in [0.05, 0.1) is 12.7 Å². The van der Waals surface area contributed by atoms with Gasteiger partial charge in [0.15, 0.2) is 0 Å². The van der Waals surface area contributed by atoms with Crippen LogP contribution in [0.25, 0.3) is 0 Å². The summed E-state index contributed by atoms with van der Waals surface area (Å²) in [5.41, 5.74) is 2.91. The Kier molecular flexibility index (Phi) is 4.97. The van der Waals surface area contributed by atoms with Crippen molar-refractivity contribution in [3.8, 4) is 0 Å². The van der Waals surface area contributed by atoms with Gasteiger partial charge in [-0.1, -0.05) is 38.1 Å². The number of hydrogen-bond donors (Lipinski definition) is 1. The van der Waals surface area contributed by atoms with E-state index in [1.165, 1.54) is 30.4 Å². The molecule has 0 radical (unpaired) electrons. The fourth-order valence-corrected chi connectivity index (χ4v) is 3.67. The summed E-state index contributed by atoms with van der Waals surface area (Å²) < 4.78 is 6.13. The summed E-state index contributed by atoms with van der Waals surface area (Å²) in [7, 11) is 0. The van der Waals surface area contributed by atoms with Crippen LogP contribution in [0.5, 0.6) is 0 Å². The topological polar surface area (TPSA) is 21.3 Å². The van der Waals surface area contributed by atoms with Crippen LogP contribution in [0.4, 0.5) is 0 Å². The van der Waals surface area contributed by atoms with Gasteiger partial charge in [-0.25, -0.2) is 0 Å². The van der Waals surface area contributed by atoms with Gasteiger partial charge in [-0.15, -0.1) is 0 Å². The van der Waals surface area contributed by atoms with Crippen LogP contribution in [-0.4, -0.2) is 19.2 Å². The van der Waals surface area contributed by atoms with E-state index in [2.05, 4.69) is 43.4 Å². The molecule has 1 N–H and O–H groups in total. The largest absolute Gasteiger partial charge is 0.373 e. The molecule has 0 amide bonds. The van der Waals surface area contributed by atoms with Crippen molar-refractivity contribution in [1.82, 2.24) is 5.32 Å². The van der Waals surface area contributed by atoms with Gasteiger partial charge < -0.3 is 10.1 Å². The van der Waals surface area contributed by atoms with Crippen LogP contribution >= 0.6 is 0 Å². The first-order chi connectivity index (χ1) is 10.3. The highest BCUT2D eigenvalue weighted by atomic mass is 16.5. The normalized spacial score (nSPS) is 24.4. The summed E-state index contributed by atoms with van der Waals surface area (Å²) >= 11 is 0. The van der Waals surface area contributed by atoms with Crippen molar-refractivity contribution in [2.75, 3.05) is 13.2 Å². The fraction of sp³-hybridized carbons (Fsp3) is 0.684. The van der Waals surface area contributed by atoms with Gasteiger partial charge in [0.25, 0.3) is 0 Å². The lowest BCUT2D eigenvalue weighted by atomic mass is 9.87. The molecule has 0 bridgehead atoms. The van der Waals surface area contributed by atoms with Crippen molar-refractivity contribution in [2.24, 2.45) is 11.8 Å². The molecule has 21 heavy (non-hydrogen) atoms. The SMILES string of the molecule is CCCNC(CC1OCCc2ccccc21)C(C)C1CC1. The average molecular weight is 287 g/mol. The lowest BCUT2D eigenvalue weighted by molar-refractivity contribution is 0.0241. The van der Waals surface area contributed by atoms with Crippen molar-refractivity contribution < 1.29 is 4.74 Å². The molecule has 3 unspecified atom stereocenters. The summed E-state index contributed by atoms with van der Waals surface area (Å²) in [6, 6.07) is 9.43. The molecule has 1 heterocycles. The quantitative estimate of drug-likeness (QED) is 0.815. The van der Waals surface area contributed by atoms with Crippen molar-refractivity contribution in [1.29, 1.82) is 0 Å². The lowest BCUT2D eigenvalue weighted by Gasteiger charge is -2.32. The Morgan fingerprint density at radius 3 is 2.86 bits per heavy atom. The molecule has 1 aromatic rings. The highest BCUT2D eigenvalue weighted by Crippen LogP contribution is 2.41. The van der Waals surface area contributed by atoms with Crippen LogP contribution < -0.4 is 5.32 Å².